The van der Waals surface area contributed by atoms with E-state index in [1.54, 1.807) is 12.2 Å². The monoisotopic (exact) mass is 504 g/mol. The number of anilines is 2. The molecule has 0 spiro atoms. The molecule has 0 bridgehead atoms. The number of para-hydroxylation sites is 2. The van der Waals surface area contributed by atoms with Gasteiger partial charge in [-0.1, -0.05) is 118 Å². The van der Waals surface area contributed by atoms with Crippen molar-refractivity contribution in [2.75, 3.05) is 9.80 Å². The topological polar surface area (TPSA) is 6.48 Å². The lowest BCUT2D eigenvalue weighted by molar-refractivity contribution is 1.05. The fourth-order valence-corrected chi connectivity index (χ4v) is 5.31. The molecule has 0 amide bonds. The molecule has 2 aromatic carbocycles. The number of allylic oxidation sites excluding steroid dienone is 14. The molecule has 0 aromatic heterocycles. The van der Waals surface area contributed by atoms with Gasteiger partial charge in [0.15, 0.2) is 0 Å². The van der Waals surface area contributed by atoms with Crippen molar-refractivity contribution in [2.24, 2.45) is 0 Å². The molecule has 4 rings (SSSR count). The molecule has 0 N–H and O–H groups in total. The van der Waals surface area contributed by atoms with Crippen molar-refractivity contribution in [1.29, 1.82) is 0 Å². The Morgan fingerprint density at radius 2 is 1.36 bits per heavy atom. The van der Waals surface area contributed by atoms with E-state index in [9.17, 15) is 0 Å². The van der Waals surface area contributed by atoms with Crippen LogP contribution in [0.5, 0.6) is 0 Å². The van der Waals surface area contributed by atoms with Crippen LogP contribution in [0.2, 0.25) is 0 Å². The predicted octanol–water partition coefficient (Wildman–Crippen LogP) is 8.31. The summed E-state index contributed by atoms with van der Waals surface area (Å²) in [5.74, 6) is 0. The van der Waals surface area contributed by atoms with E-state index in [0.717, 1.165) is 45.1 Å². The van der Waals surface area contributed by atoms with Crippen molar-refractivity contribution in [3.63, 3.8) is 0 Å². The van der Waals surface area contributed by atoms with Crippen LogP contribution in [0.15, 0.2) is 201 Å². The Bertz CT molecular complexity index is 1510. The predicted molar refractivity (Wildman–Crippen MR) is 173 cm³/mol. The fourth-order valence-electron chi connectivity index (χ4n) is 5.31. The summed E-state index contributed by atoms with van der Waals surface area (Å²) >= 11 is 0. The normalized spacial score (nSPS) is 18.3. The van der Waals surface area contributed by atoms with E-state index in [1.165, 1.54) is 5.46 Å². The average Bonchev–Trinajstić information content (AvgIpc) is 2.97. The van der Waals surface area contributed by atoms with Crippen LogP contribution in [-0.4, -0.2) is 6.71 Å². The van der Waals surface area contributed by atoms with Gasteiger partial charge in [0, 0.05) is 34.2 Å². The molecule has 39 heavy (non-hydrogen) atoms. The van der Waals surface area contributed by atoms with E-state index < -0.39 is 0 Å². The van der Waals surface area contributed by atoms with E-state index in [0.29, 0.717) is 0 Å². The first kappa shape index (κ1) is 27.0. The van der Waals surface area contributed by atoms with Crippen LogP contribution in [0.4, 0.5) is 11.4 Å². The lowest BCUT2D eigenvalue weighted by atomic mass is 9.31. The average molecular weight is 504 g/mol. The van der Waals surface area contributed by atoms with Gasteiger partial charge in [-0.2, -0.15) is 0 Å². The molecule has 0 radical (unpaired) electrons. The summed E-state index contributed by atoms with van der Waals surface area (Å²) < 4.78 is 0. The molecule has 0 saturated carbocycles. The van der Waals surface area contributed by atoms with Crippen molar-refractivity contribution in [1.82, 2.24) is 0 Å². The molecule has 2 aliphatic heterocycles. The number of nitrogens with zero attached hydrogens (tertiary/aromatic N) is 2. The molecule has 1 fully saturated rings. The number of fused-ring (bicyclic) bond motifs is 3. The molecular formula is C36H33BN2. The molecule has 0 atom stereocenters. The number of hydrogen-bond donors (Lipinski definition) is 0. The summed E-state index contributed by atoms with van der Waals surface area (Å²) in [6, 6.07) is 18.8. The molecule has 2 heterocycles. The third-order valence-corrected chi connectivity index (χ3v) is 6.67. The van der Waals surface area contributed by atoms with E-state index in [2.05, 4.69) is 104 Å². The summed E-state index contributed by atoms with van der Waals surface area (Å²) in [4.78, 5) is 4.50. The maximum Gasteiger partial charge on any atom is 0.252 e. The Morgan fingerprint density at radius 1 is 0.692 bits per heavy atom. The molecule has 1 saturated heterocycles. The highest BCUT2D eigenvalue weighted by Crippen LogP contribution is 2.46. The zero-order valence-electron chi connectivity index (χ0n) is 22.3. The zero-order chi connectivity index (χ0) is 27.8. The zero-order valence-corrected chi connectivity index (χ0v) is 22.3. The van der Waals surface area contributed by atoms with Gasteiger partial charge in [-0.15, -0.1) is 0 Å². The molecule has 0 aliphatic carbocycles. The molecule has 2 aromatic rings. The molecule has 3 heteroatoms. The second-order valence-corrected chi connectivity index (χ2v) is 8.86. The Balaban J connectivity index is 2.20. The minimum absolute atomic E-state index is 0.0748. The van der Waals surface area contributed by atoms with Gasteiger partial charge in [0.05, 0.1) is 0 Å². The second kappa shape index (κ2) is 12.5. The van der Waals surface area contributed by atoms with Crippen molar-refractivity contribution >= 4 is 23.6 Å². The second-order valence-electron chi connectivity index (χ2n) is 8.86. The number of benzene rings is 2. The minimum atomic E-state index is -0.0748. The first-order valence-corrected chi connectivity index (χ1v) is 12.9. The van der Waals surface area contributed by atoms with Crippen LogP contribution in [0.25, 0.3) is 0 Å². The summed E-state index contributed by atoms with van der Waals surface area (Å²) in [5, 5.41) is 0. The van der Waals surface area contributed by atoms with Gasteiger partial charge in [0.25, 0.3) is 6.71 Å². The first-order valence-electron chi connectivity index (χ1n) is 12.9. The highest BCUT2D eigenvalue weighted by atomic mass is 15.2. The van der Waals surface area contributed by atoms with Crippen LogP contribution in [0.3, 0.4) is 0 Å². The molecule has 2 nitrogen and oxygen atoms in total. The van der Waals surface area contributed by atoms with Crippen LogP contribution in [0, 0.1) is 0 Å². The van der Waals surface area contributed by atoms with Crippen LogP contribution in [0.1, 0.15) is 0 Å². The highest BCUT2D eigenvalue weighted by Gasteiger charge is 2.45. The van der Waals surface area contributed by atoms with Gasteiger partial charge >= 0.3 is 0 Å². The van der Waals surface area contributed by atoms with Crippen molar-refractivity contribution < 1.29 is 0 Å². The summed E-state index contributed by atoms with van der Waals surface area (Å²) in [6.07, 6.45) is 23.2. The van der Waals surface area contributed by atoms with Crippen LogP contribution >= 0.6 is 0 Å². The maximum absolute atomic E-state index is 4.30. The van der Waals surface area contributed by atoms with E-state index >= 15 is 0 Å². The standard InChI is InChI=1S/C36H33BN2/c1-7-13-23-28(19-8-2)38-32(12-6)36-35(22-11-5)39(29-24-15-14-16-25-29)33(21-10-4)30(20-9-3)37(36)31-26-17-18-27-34(31)38/h7-27H,1-6H2/b23-13-,28-19+,30-20+,33-21+,35-22+. The van der Waals surface area contributed by atoms with Gasteiger partial charge in [0.2, 0.25) is 0 Å². The van der Waals surface area contributed by atoms with Crippen molar-refractivity contribution in [2.45, 2.75) is 0 Å². The van der Waals surface area contributed by atoms with E-state index in [-0.39, 0.29) is 6.71 Å². The SMILES string of the molecule is C=C/C=C\C(=C/C=C)N1C(C=C)=C2B(C(=C/C=C)/C(=C\C=C)N(c3ccccc3)/C2=C/C=C)c2ccccc21. The lowest BCUT2D eigenvalue weighted by Crippen LogP contribution is -2.52. The smallest absolute Gasteiger partial charge is 0.252 e. The molecule has 190 valence electrons. The van der Waals surface area contributed by atoms with Gasteiger partial charge in [-0.3, -0.25) is 0 Å². The minimum Gasteiger partial charge on any atom is -0.311 e. The van der Waals surface area contributed by atoms with Gasteiger partial charge in [0.1, 0.15) is 0 Å². The van der Waals surface area contributed by atoms with Gasteiger partial charge in [-0.25, -0.2) is 0 Å². The Hall–Kier alpha value is -5.02. The fraction of sp³-hybridized carbons (Fsp3) is 0. The lowest BCUT2D eigenvalue weighted by Gasteiger charge is -2.47. The van der Waals surface area contributed by atoms with Gasteiger partial charge < -0.3 is 9.80 Å². The van der Waals surface area contributed by atoms with Crippen LogP contribution in [-0.2, 0) is 0 Å². The Labute approximate surface area is 233 Å². The van der Waals surface area contributed by atoms with Crippen molar-refractivity contribution in [3.05, 3.63) is 201 Å². The van der Waals surface area contributed by atoms with Crippen molar-refractivity contribution in [3.8, 4) is 0 Å². The van der Waals surface area contributed by atoms with Crippen LogP contribution < -0.4 is 15.3 Å². The largest absolute Gasteiger partial charge is 0.311 e. The molecule has 2 aliphatic rings. The summed E-state index contributed by atoms with van der Waals surface area (Å²) in [6.45, 7) is 24.3. The third-order valence-electron chi connectivity index (χ3n) is 6.67. The summed E-state index contributed by atoms with van der Waals surface area (Å²) in [7, 11) is 0. The van der Waals surface area contributed by atoms with E-state index in [1.807, 2.05) is 60.7 Å². The van der Waals surface area contributed by atoms with Gasteiger partial charge in [-0.05, 0) is 65.0 Å². The summed E-state index contributed by atoms with van der Waals surface area (Å²) in [5.41, 5.74) is 9.46. The first-order chi connectivity index (χ1) is 19.2. The maximum atomic E-state index is 4.30. The third kappa shape index (κ3) is 4.95. The Kier molecular flexibility index (Phi) is 8.65. The Morgan fingerprint density at radius 3 is 2.00 bits per heavy atom. The molecular weight excluding hydrogens is 471 g/mol. The quantitative estimate of drug-likeness (QED) is 0.250. The van der Waals surface area contributed by atoms with E-state index in [4.69, 9.17) is 0 Å². The highest BCUT2D eigenvalue weighted by molar-refractivity contribution is 6.90. The number of hydrogen-bond acceptors (Lipinski definition) is 2. The molecule has 0 unspecified atom stereocenters. The number of rotatable bonds is 9.